The molecule has 5 nitrogen and oxygen atoms in total. The number of fused-ring (bicyclic) bond motifs is 2. The summed E-state index contributed by atoms with van der Waals surface area (Å²) in [5.74, 6) is 2.50. The van der Waals surface area contributed by atoms with E-state index >= 15 is 0 Å². The molecule has 0 unspecified atom stereocenters. The minimum absolute atomic E-state index is 0.287. The van der Waals surface area contributed by atoms with Gasteiger partial charge in [-0.05, 0) is 75.0 Å². The summed E-state index contributed by atoms with van der Waals surface area (Å²) in [6.07, 6.45) is 13.7. The molecule has 0 N–H and O–H groups in total. The molecule has 3 aromatic rings. The third-order valence-corrected chi connectivity index (χ3v) is 9.00. The summed E-state index contributed by atoms with van der Waals surface area (Å²) >= 11 is 0. The van der Waals surface area contributed by atoms with Crippen LogP contribution in [0.4, 0.5) is 0 Å². The first-order chi connectivity index (χ1) is 17.7. The number of hydrogen-bond acceptors (Lipinski definition) is 4. The van der Waals surface area contributed by atoms with Gasteiger partial charge in [0.05, 0.1) is 11.2 Å². The minimum atomic E-state index is 0.287. The third-order valence-electron chi connectivity index (χ3n) is 9.00. The number of nitrogens with zero attached hydrogens (tertiary/aromatic N) is 4. The second-order valence-electron chi connectivity index (χ2n) is 11.6. The van der Waals surface area contributed by atoms with Crippen molar-refractivity contribution in [3.05, 3.63) is 59.0 Å². The minimum Gasteiger partial charge on any atom is -0.299 e. The van der Waals surface area contributed by atoms with Crippen molar-refractivity contribution < 1.29 is 4.79 Å². The molecular formula is C31H40N4O. The first-order valence-electron chi connectivity index (χ1n) is 14.3. The molecule has 1 aromatic carbocycles. The van der Waals surface area contributed by atoms with Gasteiger partial charge in [-0.2, -0.15) is 5.10 Å². The Kier molecular flexibility index (Phi) is 6.92. The first-order valence-corrected chi connectivity index (χ1v) is 14.3. The van der Waals surface area contributed by atoms with Crippen molar-refractivity contribution in [3.8, 4) is 0 Å². The molecule has 2 aliphatic carbocycles. The lowest BCUT2D eigenvalue weighted by Gasteiger charge is -2.32. The van der Waals surface area contributed by atoms with Crippen molar-refractivity contribution in [2.45, 2.75) is 84.2 Å². The van der Waals surface area contributed by atoms with Crippen LogP contribution < -0.4 is 0 Å². The highest BCUT2D eigenvalue weighted by Crippen LogP contribution is 2.35. The van der Waals surface area contributed by atoms with E-state index in [4.69, 9.17) is 5.10 Å². The lowest BCUT2D eigenvalue weighted by Crippen LogP contribution is -2.33. The van der Waals surface area contributed by atoms with E-state index in [9.17, 15) is 4.79 Å². The molecule has 6 rings (SSSR count). The Morgan fingerprint density at radius 1 is 1.00 bits per heavy atom. The maximum Gasteiger partial charge on any atom is 0.163 e. The fourth-order valence-corrected chi connectivity index (χ4v) is 6.63. The van der Waals surface area contributed by atoms with Gasteiger partial charge in [0.2, 0.25) is 0 Å². The molecule has 36 heavy (non-hydrogen) atoms. The van der Waals surface area contributed by atoms with Crippen molar-refractivity contribution in [2.75, 3.05) is 13.1 Å². The van der Waals surface area contributed by atoms with Gasteiger partial charge in [-0.1, -0.05) is 38.0 Å². The zero-order valence-corrected chi connectivity index (χ0v) is 21.8. The SMILES string of the molecule is CCc1c2c(nn1CC1CC1)CCN(CCC1CCC(CC(=O)c3cccc4ncccc34)CC1)C2. The van der Waals surface area contributed by atoms with Crippen molar-refractivity contribution in [2.24, 2.45) is 17.8 Å². The van der Waals surface area contributed by atoms with Crippen LogP contribution in [0.2, 0.25) is 0 Å². The van der Waals surface area contributed by atoms with E-state index < -0.39 is 0 Å². The molecule has 2 saturated carbocycles. The zero-order chi connectivity index (χ0) is 24.5. The number of carbonyl (C=O) groups is 1. The fraction of sp³-hybridized carbons (Fsp3) is 0.581. The smallest absolute Gasteiger partial charge is 0.163 e. The van der Waals surface area contributed by atoms with Gasteiger partial charge in [-0.15, -0.1) is 0 Å². The van der Waals surface area contributed by atoms with Crippen LogP contribution in [0.1, 0.15) is 85.6 Å². The Morgan fingerprint density at radius 3 is 2.61 bits per heavy atom. The predicted molar refractivity (Wildman–Crippen MR) is 144 cm³/mol. The maximum atomic E-state index is 13.1. The normalized spacial score (nSPS) is 22.6. The molecule has 190 valence electrons. The van der Waals surface area contributed by atoms with Crippen molar-refractivity contribution in [3.63, 3.8) is 0 Å². The molecule has 5 heteroatoms. The fourth-order valence-electron chi connectivity index (χ4n) is 6.63. The van der Waals surface area contributed by atoms with Crippen LogP contribution in [0.15, 0.2) is 36.5 Å². The van der Waals surface area contributed by atoms with Crippen LogP contribution in [0.3, 0.4) is 0 Å². The molecule has 0 bridgehead atoms. The van der Waals surface area contributed by atoms with Gasteiger partial charge in [-0.3, -0.25) is 19.4 Å². The van der Waals surface area contributed by atoms with Gasteiger partial charge in [0.15, 0.2) is 5.78 Å². The van der Waals surface area contributed by atoms with Gasteiger partial charge in [0.1, 0.15) is 0 Å². The Morgan fingerprint density at radius 2 is 1.81 bits per heavy atom. The predicted octanol–water partition coefficient (Wildman–Crippen LogP) is 6.23. The zero-order valence-electron chi connectivity index (χ0n) is 21.8. The number of hydrogen-bond donors (Lipinski definition) is 0. The number of Topliss-reactive ketones (excluding diaryl/α,β-unsaturated/α-hetero) is 1. The number of rotatable bonds is 9. The molecule has 0 amide bonds. The summed E-state index contributed by atoms with van der Waals surface area (Å²) in [6, 6.07) is 9.88. The molecule has 2 aromatic heterocycles. The summed E-state index contributed by atoms with van der Waals surface area (Å²) in [5, 5.41) is 6.01. The van der Waals surface area contributed by atoms with Gasteiger partial charge in [0, 0.05) is 60.9 Å². The molecular weight excluding hydrogens is 444 g/mol. The average Bonchev–Trinajstić information content (AvgIpc) is 3.66. The number of ketones is 1. The third kappa shape index (κ3) is 5.13. The van der Waals surface area contributed by atoms with E-state index in [1.807, 2.05) is 30.3 Å². The number of benzene rings is 1. The lowest BCUT2D eigenvalue weighted by molar-refractivity contribution is 0.0941. The van der Waals surface area contributed by atoms with Crippen molar-refractivity contribution in [1.82, 2.24) is 19.7 Å². The molecule has 0 saturated heterocycles. The number of pyridine rings is 1. The molecule has 2 fully saturated rings. The van der Waals surface area contributed by atoms with E-state index in [-0.39, 0.29) is 5.78 Å². The number of carbonyl (C=O) groups excluding carboxylic acids is 1. The van der Waals surface area contributed by atoms with E-state index in [0.29, 0.717) is 12.3 Å². The van der Waals surface area contributed by atoms with Gasteiger partial charge < -0.3 is 0 Å². The van der Waals surface area contributed by atoms with Crippen LogP contribution in [-0.2, 0) is 25.9 Å². The first kappa shape index (κ1) is 23.8. The Bertz CT molecular complexity index is 1210. The lowest BCUT2D eigenvalue weighted by atomic mass is 9.78. The highest BCUT2D eigenvalue weighted by Gasteiger charge is 2.29. The molecule has 3 aliphatic rings. The standard InChI is InChI=1S/C31H40N4O/c1-2-30-27-21-34(18-15-29(27)33-35(30)20-24-12-13-24)17-14-22-8-10-23(11-9-22)19-31(36)26-5-3-7-28-25(26)6-4-16-32-28/h3-7,16,22-24H,2,8-15,17-21H2,1H3. The van der Waals surface area contributed by atoms with Gasteiger partial charge in [0.25, 0.3) is 0 Å². The summed E-state index contributed by atoms with van der Waals surface area (Å²) in [4.78, 5) is 20.2. The molecule has 0 radical (unpaired) electrons. The topological polar surface area (TPSA) is 51.0 Å². The van der Waals surface area contributed by atoms with Gasteiger partial charge in [-0.25, -0.2) is 0 Å². The van der Waals surface area contributed by atoms with Crippen LogP contribution >= 0.6 is 0 Å². The van der Waals surface area contributed by atoms with Crippen molar-refractivity contribution in [1.29, 1.82) is 0 Å². The molecule has 0 spiro atoms. The van der Waals surface area contributed by atoms with Crippen LogP contribution in [-0.4, -0.2) is 38.5 Å². The summed E-state index contributed by atoms with van der Waals surface area (Å²) in [5.41, 5.74) is 6.16. The monoisotopic (exact) mass is 484 g/mol. The molecule has 0 atom stereocenters. The van der Waals surface area contributed by atoms with Crippen LogP contribution in [0, 0.1) is 17.8 Å². The number of aromatic nitrogens is 3. The van der Waals surface area contributed by atoms with Crippen LogP contribution in [0.5, 0.6) is 0 Å². The Hall–Kier alpha value is -2.53. The van der Waals surface area contributed by atoms with E-state index in [0.717, 1.165) is 60.8 Å². The van der Waals surface area contributed by atoms with E-state index in [1.165, 1.54) is 68.4 Å². The maximum absolute atomic E-state index is 13.1. The summed E-state index contributed by atoms with van der Waals surface area (Å²) in [7, 11) is 0. The Balaban J connectivity index is 0.985. The second-order valence-corrected chi connectivity index (χ2v) is 11.6. The largest absolute Gasteiger partial charge is 0.299 e. The highest BCUT2D eigenvalue weighted by atomic mass is 16.1. The second kappa shape index (κ2) is 10.5. The highest BCUT2D eigenvalue weighted by molar-refractivity contribution is 6.07. The quantitative estimate of drug-likeness (QED) is 0.338. The van der Waals surface area contributed by atoms with E-state index in [2.05, 4.69) is 21.5 Å². The van der Waals surface area contributed by atoms with Gasteiger partial charge >= 0.3 is 0 Å². The summed E-state index contributed by atoms with van der Waals surface area (Å²) in [6.45, 7) is 6.88. The Labute approximate surface area is 215 Å². The average molecular weight is 485 g/mol. The van der Waals surface area contributed by atoms with Crippen molar-refractivity contribution >= 4 is 16.7 Å². The van der Waals surface area contributed by atoms with Crippen LogP contribution in [0.25, 0.3) is 10.9 Å². The molecule has 1 aliphatic heterocycles. The molecule has 3 heterocycles. The van der Waals surface area contributed by atoms with E-state index in [1.54, 1.807) is 6.20 Å². The summed E-state index contributed by atoms with van der Waals surface area (Å²) < 4.78 is 2.35.